The summed E-state index contributed by atoms with van der Waals surface area (Å²) in [6, 6.07) is 32.0. The molecule has 3 aromatic rings. The number of allylic oxidation sites excluding steroid dienone is 1. The number of hydrogen-bond donors (Lipinski definition) is 0. The van der Waals surface area contributed by atoms with E-state index in [-0.39, 0.29) is 35.4 Å². The Hall–Kier alpha value is -2.37. The Kier molecular flexibility index (Phi) is 16.0. The van der Waals surface area contributed by atoms with Crippen LogP contribution < -0.4 is 10.4 Å². The molecule has 0 N–H and O–H groups in total. The van der Waals surface area contributed by atoms with Gasteiger partial charge >= 0.3 is 0 Å². The highest BCUT2D eigenvalue weighted by Crippen LogP contribution is 2.44. The van der Waals surface area contributed by atoms with Gasteiger partial charge in [-0.3, -0.25) is 0 Å². The molecular formula is C48H74O5Si2. The van der Waals surface area contributed by atoms with Crippen molar-refractivity contribution < 1.29 is 23.1 Å². The molecule has 7 heteroatoms. The molecule has 0 aromatic heterocycles. The maximum atomic E-state index is 7.49. The van der Waals surface area contributed by atoms with Crippen molar-refractivity contribution >= 4 is 27.0 Å². The van der Waals surface area contributed by atoms with E-state index in [1.165, 1.54) is 10.4 Å². The molecule has 1 aliphatic heterocycles. The molecule has 4 rings (SSSR count). The smallest absolute Gasteiger partial charge is 0.261 e. The second-order valence-electron chi connectivity index (χ2n) is 18.5. The summed E-state index contributed by atoms with van der Waals surface area (Å²) in [5.41, 5.74) is 2.79. The van der Waals surface area contributed by atoms with Crippen molar-refractivity contribution in [1.29, 1.82) is 0 Å². The van der Waals surface area contributed by atoms with Crippen LogP contribution in [0.3, 0.4) is 0 Å². The molecule has 1 fully saturated rings. The Labute approximate surface area is 337 Å². The quantitative estimate of drug-likeness (QED) is 0.0949. The summed E-state index contributed by atoms with van der Waals surface area (Å²) >= 11 is 0. The van der Waals surface area contributed by atoms with E-state index in [0.29, 0.717) is 35.8 Å². The lowest BCUT2D eigenvalue weighted by atomic mass is 9.91. The fourth-order valence-corrected chi connectivity index (χ4v) is 19.5. The number of ether oxygens (including phenoxy) is 3. The van der Waals surface area contributed by atoms with E-state index < -0.39 is 22.4 Å². The van der Waals surface area contributed by atoms with Gasteiger partial charge in [-0.25, -0.2) is 0 Å². The molecule has 0 radical (unpaired) electrons. The molecule has 0 spiro atoms. The van der Waals surface area contributed by atoms with Crippen LogP contribution in [0.2, 0.25) is 21.7 Å². The Morgan fingerprint density at radius 1 is 0.709 bits per heavy atom. The summed E-state index contributed by atoms with van der Waals surface area (Å²) < 4.78 is 35.2. The van der Waals surface area contributed by atoms with Crippen LogP contribution in [0.5, 0.6) is 0 Å². The van der Waals surface area contributed by atoms with Crippen molar-refractivity contribution in [2.75, 3.05) is 6.61 Å². The highest BCUT2D eigenvalue weighted by Gasteiger charge is 2.53. The van der Waals surface area contributed by atoms with Gasteiger partial charge in [0.05, 0.1) is 19.3 Å². The van der Waals surface area contributed by atoms with E-state index in [1.807, 2.05) is 19.9 Å². The topological polar surface area (TPSA) is 46.2 Å². The highest BCUT2D eigenvalue weighted by molar-refractivity contribution is 6.99. The van der Waals surface area contributed by atoms with Crippen LogP contribution in [0, 0.1) is 11.8 Å². The molecular weight excluding hydrogens is 713 g/mol. The first-order valence-corrected chi connectivity index (χ1v) is 25.0. The summed E-state index contributed by atoms with van der Waals surface area (Å²) in [6.07, 6.45) is 4.79. The van der Waals surface area contributed by atoms with Crippen LogP contribution in [0.1, 0.15) is 109 Å². The molecule has 0 bridgehead atoms. The molecule has 1 saturated heterocycles. The van der Waals surface area contributed by atoms with Gasteiger partial charge < -0.3 is 23.1 Å². The van der Waals surface area contributed by atoms with Crippen molar-refractivity contribution in [2.45, 2.75) is 162 Å². The zero-order valence-corrected chi connectivity index (χ0v) is 38.7. The first-order chi connectivity index (χ1) is 25.9. The monoisotopic (exact) mass is 787 g/mol. The van der Waals surface area contributed by atoms with Gasteiger partial charge in [0.2, 0.25) is 8.32 Å². The largest absolute Gasteiger partial charge is 0.413 e. The van der Waals surface area contributed by atoms with E-state index in [4.69, 9.17) is 23.1 Å². The third-order valence-electron chi connectivity index (χ3n) is 12.1. The summed E-state index contributed by atoms with van der Waals surface area (Å²) in [5, 5.41) is 2.34. The standard InChI is InChI=1S/C48H74O5Si2/c1-35(2)54(36(3)4,37(5)6)53-40(9)38(7)25-24-26-39(8)45-46(49-33-41-27-18-15-19-28-41)44(51-48(13,14)52-45)34-50-55(47(10,11)12,42-29-20-16-21-30-42)43-31-22-17-23-32-43/h15-25,27-32,35-40,44-46H,26,33-34H2,1-14H3/b25-24+/t38-,39-,40+,44+,45-,46+/m1/s1. The van der Waals surface area contributed by atoms with E-state index >= 15 is 0 Å². The third kappa shape index (κ3) is 10.8. The average Bonchev–Trinajstić information content (AvgIpc) is 3.13. The van der Waals surface area contributed by atoms with Crippen molar-refractivity contribution in [1.82, 2.24) is 0 Å². The predicted molar refractivity (Wildman–Crippen MR) is 236 cm³/mol. The third-order valence-corrected chi connectivity index (χ3v) is 23.3. The van der Waals surface area contributed by atoms with Crippen LogP contribution >= 0.6 is 0 Å². The zero-order chi connectivity index (χ0) is 40.6. The van der Waals surface area contributed by atoms with E-state index in [9.17, 15) is 0 Å². The van der Waals surface area contributed by atoms with Crippen LogP contribution in [-0.2, 0) is 29.7 Å². The summed E-state index contributed by atoms with van der Waals surface area (Å²) in [4.78, 5) is 0. The minimum Gasteiger partial charge on any atom is -0.413 e. The Bertz CT molecular complexity index is 1520. The molecule has 0 saturated carbocycles. The van der Waals surface area contributed by atoms with Gasteiger partial charge in [-0.2, -0.15) is 0 Å². The number of hydrogen-bond acceptors (Lipinski definition) is 5. The molecule has 55 heavy (non-hydrogen) atoms. The average molecular weight is 787 g/mol. The fraction of sp³-hybridized carbons (Fsp3) is 0.583. The first-order valence-electron chi connectivity index (χ1n) is 21.0. The van der Waals surface area contributed by atoms with Crippen LogP contribution in [0.15, 0.2) is 103 Å². The zero-order valence-electron chi connectivity index (χ0n) is 36.7. The Morgan fingerprint density at radius 3 is 1.67 bits per heavy atom. The van der Waals surface area contributed by atoms with Crippen molar-refractivity contribution in [3.8, 4) is 0 Å². The van der Waals surface area contributed by atoms with Crippen LogP contribution in [-0.4, -0.2) is 53.4 Å². The second kappa shape index (κ2) is 19.4. The fourth-order valence-electron chi connectivity index (χ4n) is 9.21. The summed E-state index contributed by atoms with van der Waals surface area (Å²) in [7, 11) is -4.81. The summed E-state index contributed by atoms with van der Waals surface area (Å²) in [6.45, 7) is 32.9. The second-order valence-corrected chi connectivity index (χ2v) is 28.2. The van der Waals surface area contributed by atoms with Gasteiger partial charge in [-0.05, 0) is 76.6 Å². The molecule has 6 atom stereocenters. The van der Waals surface area contributed by atoms with Gasteiger partial charge in [0.15, 0.2) is 5.79 Å². The SMILES string of the molecule is CC(C)[Si](O[C@@H](C)[C@H](C)/C=C/C[C@@H](C)[C@H]1OC(C)(C)O[C@@H](CO[Si](c2ccccc2)(c2ccccc2)C(C)(C)C)[C@@H]1OCc1ccccc1)(C(C)C)C(C)C. The van der Waals surface area contributed by atoms with Crippen LogP contribution in [0.4, 0.5) is 0 Å². The van der Waals surface area contributed by atoms with Gasteiger partial charge in [-0.1, -0.05) is 179 Å². The van der Waals surface area contributed by atoms with E-state index in [1.54, 1.807) is 0 Å². The maximum Gasteiger partial charge on any atom is 0.261 e. The molecule has 3 aromatic carbocycles. The van der Waals surface area contributed by atoms with Crippen molar-refractivity contribution in [3.05, 3.63) is 109 Å². The van der Waals surface area contributed by atoms with Crippen molar-refractivity contribution in [2.24, 2.45) is 11.8 Å². The molecule has 5 nitrogen and oxygen atoms in total. The Morgan fingerprint density at radius 2 is 1.20 bits per heavy atom. The van der Waals surface area contributed by atoms with Crippen molar-refractivity contribution in [3.63, 3.8) is 0 Å². The van der Waals surface area contributed by atoms with Gasteiger partial charge in [0.25, 0.3) is 8.32 Å². The molecule has 0 amide bonds. The van der Waals surface area contributed by atoms with Crippen LogP contribution in [0.25, 0.3) is 0 Å². The minimum absolute atomic E-state index is 0.147. The lowest BCUT2D eigenvalue weighted by Gasteiger charge is -2.49. The number of benzene rings is 3. The first kappa shape index (κ1) is 45.3. The molecule has 1 heterocycles. The van der Waals surface area contributed by atoms with E-state index in [0.717, 1.165) is 12.0 Å². The minimum atomic E-state index is -2.83. The molecule has 0 aliphatic carbocycles. The van der Waals surface area contributed by atoms with Gasteiger partial charge in [-0.15, -0.1) is 0 Å². The Balaban J connectivity index is 1.63. The van der Waals surface area contributed by atoms with Gasteiger partial charge in [0, 0.05) is 6.10 Å². The maximum absolute atomic E-state index is 7.49. The molecule has 1 aliphatic rings. The molecule has 0 unspecified atom stereocenters. The molecule has 304 valence electrons. The van der Waals surface area contributed by atoms with Gasteiger partial charge in [0.1, 0.15) is 12.2 Å². The van der Waals surface area contributed by atoms with E-state index in [2.05, 4.69) is 180 Å². The normalized spacial score (nSPS) is 21.4. The summed E-state index contributed by atoms with van der Waals surface area (Å²) in [5.74, 6) is -0.363. The highest BCUT2D eigenvalue weighted by atomic mass is 28.4. The lowest BCUT2D eigenvalue weighted by molar-refractivity contribution is -0.350. The lowest BCUT2D eigenvalue weighted by Crippen LogP contribution is -2.68. The number of rotatable bonds is 18. The predicted octanol–water partition coefficient (Wildman–Crippen LogP) is 11.5.